The molecule has 0 saturated heterocycles. The van der Waals surface area contributed by atoms with Gasteiger partial charge in [0.25, 0.3) is 5.56 Å². The van der Waals surface area contributed by atoms with Gasteiger partial charge in [-0.15, -0.1) is 0 Å². The number of carbonyl (C=O) groups excluding carboxylic acids is 1. The molecule has 4 rings (SSSR count). The van der Waals surface area contributed by atoms with Crippen molar-refractivity contribution in [2.75, 3.05) is 7.11 Å². The van der Waals surface area contributed by atoms with Crippen LogP contribution in [0.25, 0.3) is 22.2 Å². The minimum atomic E-state index is -0.471. The van der Waals surface area contributed by atoms with Crippen molar-refractivity contribution >= 4 is 44.6 Å². The third-order valence-corrected chi connectivity index (χ3v) is 5.66. The number of benzene rings is 2. The number of methoxy groups -OCH3 is 1. The monoisotopic (exact) mass is 470 g/mol. The number of thioether (sulfide) groups is 1. The van der Waals surface area contributed by atoms with Crippen molar-refractivity contribution in [3.63, 3.8) is 0 Å². The van der Waals surface area contributed by atoms with Gasteiger partial charge in [-0.1, -0.05) is 39.8 Å². The summed E-state index contributed by atoms with van der Waals surface area (Å²) in [4.78, 5) is 38.9. The Balaban J connectivity index is 1.54. The van der Waals surface area contributed by atoms with Crippen molar-refractivity contribution in [1.82, 2.24) is 19.9 Å². The Morgan fingerprint density at radius 2 is 1.97 bits per heavy atom. The lowest BCUT2D eigenvalue weighted by molar-refractivity contribution is 0.0601. The maximum absolute atomic E-state index is 12.3. The average Bonchev–Trinajstić information content (AvgIpc) is 3.21. The molecule has 0 amide bonds. The zero-order valence-electron chi connectivity index (χ0n) is 15.2. The molecule has 0 fully saturated rings. The Morgan fingerprint density at radius 1 is 1.17 bits per heavy atom. The molecule has 2 heterocycles. The molecule has 0 saturated carbocycles. The van der Waals surface area contributed by atoms with Crippen LogP contribution in [0.15, 0.2) is 63.1 Å². The number of nitrogens with one attached hydrogen (secondary N) is 2. The first-order chi connectivity index (χ1) is 14.0. The summed E-state index contributed by atoms with van der Waals surface area (Å²) >= 11 is 4.85. The molecule has 2 aromatic carbocycles. The Labute approximate surface area is 178 Å². The number of esters is 1. The smallest absolute Gasteiger partial charge is 0.337 e. The minimum absolute atomic E-state index is 0.253. The van der Waals surface area contributed by atoms with Crippen molar-refractivity contribution < 1.29 is 9.53 Å². The first-order valence-corrected chi connectivity index (χ1v) is 10.4. The van der Waals surface area contributed by atoms with Crippen molar-refractivity contribution in [3.8, 4) is 11.3 Å². The van der Waals surface area contributed by atoms with Gasteiger partial charge in [-0.25, -0.2) is 14.8 Å². The van der Waals surface area contributed by atoms with Gasteiger partial charge < -0.3 is 14.7 Å². The molecule has 29 heavy (non-hydrogen) atoms. The van der Waals surface area contributed by atoms with Crippen LogP contribution in [0.4, 0.5) is 0 Å². The van der Waals surface area contributed by atoms with Crippen molar-refractivity contribution in [2.45, 2.75) is 10.9 Å². The summed E-state index contributed by atoms with van der Waals surface area (Å²) in [6, 6.07) is 12.6. The molecule has 0 atom stereocenters. The summed E-state index contributed by atoms with van der Waals surface area (Å²) in [5, 5.41) is 1.14. The van der Waals surface area contributed by atoms with Crippen LogP contribution < -0.4 is 5.56 Å². The normalized spacial score (nSPS) is 11.0. The molecule has 9 heteroatoms. The van der Waals surface area contributed by atoms with Crippen molar-refractivity contribution in [2.24, 2.45) is 0 Å². The first kappa shape index (κ1) is 19.4. The second-order valence-corrected chi connectivity index (χ2v) is 8.01. The fourth-order valence-corrected chi connectivity index (χ4v) is 3.77. The first-order valence-electron chi connectivity index (χ1n) is 8.58. The summed E-state index contributed by atoms with van der Waals surface area (Å²) in [6.45, 7) is 0. The topological polar surface area (TPSA) is 101 Å². The second kappa shape index (κ2) is 8.22. The molecular weight excluding hydrogens is 456 g/mol. The zero-order chi connectivity index (χ0) is 20.4. The maximum Gasteiger partial charge on any atom is 0.337 e. The van der Waals surface area contributed by atoms with Crippen molar-refractivity contribution in [3.05, 3.63) is 74.9 Å². The van der Waals surface area contributed by atoms with Gasteiger partial charge in [0.2, 0.25) is 0 Å². The van der Waals surface area contributed by atoms with Crippen molar-refractivity contribution in [1.29, 1.82) is 0 Å². The van der Waals surface area contributed by atoms with E-state index in [-0.39, 0.29) is 5.56 Å². The van der Waals surface area contributed by atoms with Gasteiger partial charge in [0.1, 0.15) is 5.82 Å². The zero-order valence-corrected chi connectivity index (χ0v) is 17.6. The summed E-state index contributed by atoms with van der Waals surface area (Å²) in [5.74, 6) is 0.443. The standard InChI is InChI=1S/C20H15BrN4O3S/c1-28-19(27)12-4-7-14-15(8-12)23-17(25-18(14)26)10-29-20-22-9-16(24-20)11-2-5-13(21)6-3-11/h2-9H,10H2,1H3,(H,22,24)(H,23,25,26). The van der Waals surface area contributed by atoms with Crippen LogP contribution in [0.5, 0.6) is 0 Å². The Hall–Kier alpha value is -2.91. The number of fused-ring (bicyclic) bond motifs is 1. The number of ether oxygens (including phenoxy) is 1. The maximum atomic E-state index is 12.3. The fraction of sp³-hybridized carbons (Fsp3) is 0.100. The summed E-state index contributed by atoms with van der Waals surface area (Å²) < 4.78 is 5.74. The van der Waals surface area contributed by atoms with Crippen LogP contribution in [-0.2, 0) is 10.5 Å². The SMILES string of the molecule is COC(=O)c1ccc2c(=O)[nH]c(CSc3ncc(-c4ccc(Br)cc4)[nH]3)nc2c1. The lowest BCUT2D eigenvalue weighted by atomic mass is 10.1. The Bertz CT molecular complexity index is 1250. The van der Waals surface area contributed by atoms with Crippen LogP contribution in [0.1, 0.15) is 16.2 Å². The highest BCUT2D eigenvalue weighted by Gasteiger charge is 2.11. The molecule has 146 valence electrons. The van der Waals surface area contributed by atoms with E-state index in [1.165, 1.54) is 18.9 Å². The van der Waals surface area contributed by atoms with Gasteiger partial charge >= 0.3 is 5.97 Å². The molecule has 0 aliphatic heterocycles. The van der Waals surface area contributed by atoms with E-state index in [1.54, 1.807) is 24.4 Å². The van der Waals surface area contributed by atoms with Crippen LogP contribution >= 0.6 is 27.7 Å². The molecule has 2 N–H and O–H groups in total. The molecule has 4 aromatic rings. The Morgan fingerprint density at radius 3 is 2.72 bits per heavy atom. The predicted octanol–water partition coefficient (Wildman–Crippen LogP) is 4.15. The van der Waals surface area contributed by atoms with E-state index < -0.39 is 5.97 Å². The van der Waals surface area contributed by atoms with Crippen LogP contribution in [0.3, 0.4) is 0 Å². The molecule has 2 aromatic heterocycles. The molecule has 0 radical (unpaired) electrons. The predicted molar refractivity (Wildman–Crippen MR) is 115 cm³/mol. The molecular formula is C20H15BrN4O3S. The van der Waals surface area contributed by atoms with Gasteiger partial charge in [0.05, 0.1) is 41.2 Å². The van der Waals surface area contributed by atoms with E-state index in [9.17, 15) is 9.59 Å². The highest BCUT2D eigenvalue weighted by molar-refractivity contribution is 9.10. The summed E-state index contributed by atoms with van der Waals surface area (Å²) in [6.07, 6.45) is 1.77. The highest BCUT2D eigenvalue weighted by Crippen LogP contribution is 2.24. The lowest BCUT2D eigenvalue weighted by Gasteiger charge is -2.04. The van der Waals surface area contributed by atoms with E-state index in [4.69, 9.17) is 4.74 Å². The number of nitrogens with zero attached hydrogens (tertiary/aromatic N) is 2. The Kier molecular flexibility index (Phi) is 5.50. The second-order valence-electron chi connectivity index (χ2n) is 6.13. The van der Waals surface area contributed by atoms with Crippen LogP contribution in [0.2, 0.25) is 0 Å². The molecule has 0 spiro atoms. The van der Waals surface area contributed by atoms with E-state index in [1.807, 2.05) is 24.3 Å². The number of carbonyl (C=O) groups is 1. The van der Waals surface area contributed by atoms with E-state index in [0.717, 1.165) is 15.7 Å². The summed E-state index contributed by atoms with van der Waals surface area (Å²) in [5.41, 5.74) is 2.48. The molecule has 0 bridgehead atoms. The van der Waals surface area contributed by atoms with Gasteiger partial charge in [0.15, 0.2) is 5.16 Å². The number of rotatable bonds is 5. The van der Waals surface area contributed by atoms with Gasteiger partial charge in [0, 0.05) is 4.47 Å². The molecule has 7 nitrogen and oxygen atoms in total. The average molecular weight is 471 g/mol. The fourth-order valence-electron chi connectivity index (χ4n) is 2.79. The molecule has 0 aliphatic rings. The number of imidazole rings is 1. The number of hydrogen-bond donors (Lipinski definition) is 2. The largest absolute Gasteiger partial charge is 0.465 e. The lowest BCUT2D eigenvalue weighted by Crippen LogP contribution is -2.12. The quantitative estimate of drug-likeness (QED) is 0.335. The number of aromatic nitrogens is 4. The van der Waals surface area contributed by atoms with Gasteiger partial charge in [-0.05, 0) is 35.9 Å². The van der Waals surface area contributed by atoms with E-state index in [0.29, 0.717) is 33.2 Å². The van der Waals surface area contributed by atoms with E-state index in [2.05, 4.69) is 35.9 Å². The van der Waals surface area contributed by atoms with Crippen LogP contribution in [0, 0.1) is 0 Å². The number of aromatic amines is 2. The molecule has 0 unspecified atom stereocenters. The van der Waals surface area contributed by atoms with Crippen LogP contribution in [-0.4, -0.2) is 33.0 Å². The third-order valence-electron chi connectivity index (χ3n) is 4.23. The molecule has 0 aliphatic carbocycles. The van der Waals surface area contributed by atoms with E-state index >= 15 is 0 Å². The number of hydrogen-bond acceptors (Lipinski definition) is 6. The third kappa shape index (κ3) is 4.25. The summed E-state index contributed by atoms with van der Waals surface area (Å²) in [7, 11) is 1.31. The number of H-pyrrole nitrogens is 2. The van der Waals surface area contributed by atoms with Gasteiger partial charge in [-0.2, -0.15) is 0 Å². The minimum Gasteiger partial charge on any atom is -0.465 e. The highest BCUT2D eigenvalue weighted by atomic mass is 79.9. The number of halogens is 1. The van der Waals surface area contributed by atoms with Gasteiger partial charge in [-0.3, -0.25) is 4.79 Å².